The molecule has 1 N–H and O–H groups in total. The second-order valence-electron chi connectivity index (χ2n) is 11.0. The molecule has 0 aliphatic heterocycles. The van der Waals surface area contributed by atoms with Crippen LogP contribution < -0.4 is 0 Å². The molecule has 0 aliphatic carbocycles. The molecule has 1 unspecified atom stereocenters. The number of hydrogen-bond acceptors (Lipinski definition) is 3. The van der Waals surface area contributed by atoms with Gasteiger partial charge in [0.25, 0.3) is 0 Å². The molecule has 0 aromatic heterocycles. The molecule has 0 aromatic rings. The van der Waals surface area contributed by atoms with Crippen LogP contribution in [0.5, 0.6) is 0 Å². The Morgan fingerprint density at radius 2 is 1.10 bits per heavy atom. The van der Waals surface area contributed by atoms with E-state index in [-0.39, 0.29) is 18.5 Å². The first-order valence-electron chi connectivity index (χ1n) is 16.5. The molecule has 0 aromatic carbocycles. The maximum atomic E-state index is 12.5. The SMILES string of the molecule is CCCC/C=C\CCCCCCCC(=O)OC(/C=C\C/C=C\CCCCCC)CCCCCCCCC(=O)O. The molecule has 0 rings (SSSR count). The number of carbonyl (C=O) groups excluding carboxylic acids is 1. The highest BCUT2D eigenvalue weighted by Gasteiger charge is 2.11. The zero-order valence-electron chi connectivity index (χ0n) is 25.7. The lowest BCUT2D eigenvalue weighted by atomic mass is 10.1. The van der Waals surface area contributed by atoms with E-state index in [4.69, 9.17) is 9.84 Å². The van der Waals surface area contributed by atoms with E-state index in [2.05, 4.69) is 50.3 Å². The summed E-state index contributed by atoms with van der Waals surface area (Å²) in [6.45, 7) is 4.47. The molecule has 226 valence electrons. The van der Waals surface area contributed by atoms with Gasteiger partial charge in [0, 0.05) is 12.8 Å². The minimum atomic E-state index is -0.705. The van der Waals surface area contributed by atoms with Gasteiger partial charge in [0.05, 0.1) is 0 Å². The minimum absolute atomic E-state index is 0.0661. The van der Waals surface area contributed by atoms with Gasteiger partial charge in [-0.2, -0.15) is 0 Å². The highest BCUT2D eigenvalue weighted by Crippen LogP contribution is 2.15. The van der Waals surface area contributed by atoms with Crippen molar-refractivity contribution in [3.8, 4) is 0 Å². The molecular weight excluding hydrogens is 484 g/mol. The van der Waals surface area contributed by atoms with Crippen molar-refractivity contribution < 1.29 is 19.4 Å². The summed E-state index contributed by atoms with van der Waals surface area (Å²) in [6, 6.07) is 0. The van der Waals surface area contributed by atoms with Crippen LogP contribution in [0.3, 0.4) is 0 Å². The monoisotopic (exact) mass is 546 g/mol. The number of unbranched alkanes of at least 4 members (excludes halogenated alkanes) is 16. The van der Waals surface area contributed by atoms with E-state index in [1.54, 1.807) is 0 Å². The maximum absolute atomic E-state index is 12.5. The highest BCUT2D eigenvalue weighted by molar-refractivity contribution is 5.69. The number of esters is 1. The van der Waals surface area contributed by atoms with Crippen LogP contribution in [-0.2, 0) is 14.3 Å². The quantitative estimate of drug-likeness (QED) is 0.0575. The number of aliphatic carboxylic acids is 1. The van der Waals surface area contributed by atoms with Crippen LogP contribution in [0.2, 0.25) is 0 Å². The Morgan fingerprint density at radius 1 is 0.590 bits per heavy atom. The van der Waals surface area contributed by atoms with Crippen molar-refractivity contribution in [3.63, 3.8) is 0 Å². The van der Waals surface area contributed by atoms with Crippen LogP contribution in [0.1, 0.15) is 168 Å². The summed E-state index contributed by atoms with van der Waals surface area (Å²) in [4.78, 5) is 23.1. The largest absolute Gasteiger partial charge is 0.481 e. The zero-order chi connectivity index (χ0) is 28.7. The predicted molar refractivity (Wildman–Crippen MR) is 167 cm³/mol. The molecule has 4 nitrogen and oxygen atoms in total. The van der Waals surface area contributed by atoms with Gasteiger partial charge in [-0.3, -0.25) is 9.59 Å². The molecule has 0 heterocycles. The van der Waals surface area contributed by atoms with E-state index in [9.17, 15) is 9.59 Å². The van der Waals surface area contributed by atoms with Crippen molar-refractivity contribution in [2.24, 2.45) is 0 Å². The Bertz CT molecular complexity index is 635. The van der Waals surface area contributed by atoms with E-state index >= 15 is 0 Å². The summed E-state index contributed by atoms with van der Waals surface area (Å²) in [7, 11) is 0. The molecular formula is C35H62O4. The third-order valence-electron chi connectivity index (χ3n) is 7.07. The molecule has 0 fully saturated rings. The van der Waals surface area contributed by atoms with Crippen LogP contribution in [0.4, 0.5) is 0 Å². The molecule has 0 amide bonds. The summed E-state index contributed by atoms with van der Waals surface area (Å²) in [5, 5.41) is 8.74. The Labute approximate surface area is 241 Å². The number of allylic oxidation sites excluding steroid dienone is 5. The Hall–Kier alpha value is -1.84. The fourth-order valence-corrected chi connectivity index (χ4v) is 4.58. The van der Waals surface area contributed by atoms with Gasteiger partial charge < -0.3 is 9.84 Å². The van der Waals surface area contributed by atoms with Gasteiger partial charge in [-0.15, -0.1) is 0 Å². The van der Waals surface area contributed by atoms with Crippen molar-refractivity contribution in [1.29, 1.82) is 0 Å². The molecule has 0 bridgehead atoms. The predicted octanol–water partition coefficient (Wildman–Crippen LogP) is 11.1. The number of carboxylic acid groups (broad SMARTS) is 1. The van der Waals surface area contributed by atoms with Crippen LogP contribution in [0.25, 0.3) is 0 Å². The first-order valence-corrected chi connectivity index (χ1v) is 16.5. The molecule has 0 saturated heterocycles. The number of carboxylic acids is 1. The van der Waals surface area contributed by atoms with Crippen molar-refractivity contribution in [1.82, 2.24) is 0 Å². The Kier molecular flexibility index (Phi) is 29.2. The van der Waals surface area contributed by atoms with Crippen LogP contribution in [0, 0.1) is 0 Å². The van der Waals surface area contributed by atoms with E-state index in [0.717, 1.165) is 70.6 Å². The molecule has 1 atom stereocenters. The number of rotatable bonds is 29. The summed E-state index contributed by atoms with van der Waals surface area (Å²) in [6.07, 6.45) is 38.7. The lowest BCUT2D eigenvalue weighted by molar-refractivity contribution is -0.147. The summed E-state index contributed by atoms with van der Waals surface area (Å²) >= 11 is 0. The average molecular weight is 547 g/mol. The summed E-state index contributed by atoms with van der Waals surface area (Å²) < 4.78 is 5.86. The van der Waals surface area contributed by atoms with E-state index in [1.807, 2.05) is 0 Å². The summed E-state index contributed by atoms with van der Waals surface area (Å²) in [5.74, 6) is -0.771. The first kappa shape index (κ1) is 37.2. The smallest absolute Gasteiger partial charge is 0.306 e. The minimum Gasteiger partial charge on any atom is -0.481 e. The normalized spacial score (nSPS) is 12.7. The maximum Gasteiger partial charge on any atom is 0.306 e. The van der Waals surface area contributed by atoms with E-state index in [0.29, 0.717) is 6.42 Å². The standard InChI is InChI=1S/C35H62O4/c1-3-5-7-9-11-13-14-16-18-24-28-32-35(38)39-33(29-25-21-17-15-12-10-8-6-4-2)30-26-22-19-20-23-27-31-34(36)37/h9,11,15,17,25,29,33H,3-8,10,12-14,16,18-24,26-28,30-32H2,1-2H3,(H,36,37)/b11-9-,17-15-,29-25-. The van der Waals surface area contributed by atoms with Gasteiger partial charge in [0.2, 0.25) is 0 Å². The van der Waals surface area contributed by atoms with Crippen molar-refractivity contribution >= 4 is 11.9 Å². The van der Waals surface area contributed by atoms with Gasteiger partial charge in [-0.05, 0) is 70.3 Å². The molecule has 4 heteroatoms. The number of hydrogen-bond donors (Lipinski definition) is 1. The third kappa shape index (κ3) is 30.6. The second-order valence-corrected chi connectivity index (χ2v) is 11.0. The third-order valence-corrected chi connectivity index (χ3v) is 7.07. The van der Waals surface area contributed by atoms with E-state index < -0.39 is 5.97 Å². The topological polar surface area (TPSA) is 63.6 Å². The first-order chi connectivity index (χ1) is 19.1. The molecule has 0 saturated carbocycles. The van der Waals surface area contributed by atoms with E-state index in [1.165, 1.54) is 70.6 Å². The van der Waals surface area contributed by atoms with Gasteiger partial charge in [0.15, 0.2) is 0 Å². The Morgan fingerprint density at radius 3 is 1.74 bits per heavy atom. The lowest BCUT2D eigenvalue weighted by Crippen LogP contribution is -2.16. The van der Waals surface area contributed by atoms with Crippen molar-refractivity contribution in [3.05, 3.63) is 36.5 Å². The van der Waals surface area contributed by atoms with Gasteiger partial charge >= 0.3 is 11.9 Å². The van der Waals surface area contributed by atoms with Gasteiger partial charge in [-0.25, -0.2) is 0 Å². The molecule has 0 radical (unpaired) electrons. The fraction of sp³-hybridized carbons (Fsp3) is 0.771. The van der Waals surface area contributed by atoms with Crippen LogP contribution in [0.15, 0.2) is 36.5 Å². The van der Waals surface area contributed by atoms with Crippen LogP contribution >= 0.6 is 0 Å². The van der Waals surface area contributed by atoms with Gasteiger partial charge in [0.1, 0.15) is 6.10 Å². The second kappa shape index (κ2) is 30.7. The average Bonchev–Trinajstić information content (AvgIpc) is 2.91. The lowest BCUT2D eigenvalue weighted by Gasteiger charge is -2.14. The fourth-order valence-electron chi connectivity index (χ4n) is 4.58. The molecule has 0 aliphatic rings. The zero-order valence-corrected chi connectivity index (χ0v) is 25.7. The molecule has 0 spiro atoms. The van der Waals surface area contributed by atoms with Crippen LogP contribution in [-0.4, -0.2) is 23.1 Å². The van der Waals surface area contributed by atoms with Crippen molar-refractivity contribution in [2.75, 3.05) is 0 Å². The summed E-state index contributed by atoms with van der Waals surface area (Å²) in [5.41, 5.74) is 0. The van der Waals surface area contributed by atoms with Gasteiger partial charge in [-0.1, -0.05) is 121 Å². The van der Waals surface area contributed by atoms with Crippen molar-refractivity contribution in [2.45, 2.75) is 174 Å². The highest BCUT2D eigenvalue weighted by atomic mass is 16.5. The number of carbonyl (C=O) groups is 2. The molecule has 39 heavy (non-hydrogen) atoms. The number of ether oxygens (including phenoxy) is 1. The Balaban J connectivity index is 4.23.